The van der Waals surface area contributed by atoms with Gasteiger partial charge in [-0.1, -0.05) is 6.07 Å². The molecule has 0 unspecified atom stereocenters. The van der Waals surface area contributed by atoms with E-state index in [1.807, 2.05) is 32.0 Å². The van der Waals surface area contributed by atoms with Crippen molar-refractivity contribution >= 4 is 11.7 Å². The van der Waals surface area contributed by atoms with Crippen LogP contribution in [-0.2, 0) is 6.54 Å². The summed E-state index contributed by atoms with van der Waals surface area (Å²) in [4.78, 5) is 16.1. The quantitative estimate of drug-likeness (QED) is 0.735. The van der Waals surface area contributed by atoms with E-state index in [1.165, 1.54) is 6.33 Å². The molecule has 1 atom stereocenters. The van der Waals surface area contributed by atoms with Gasteiger partial charge in [-0.25, -0.2) is 9.78 Å². The zero-order valence-corrected chi connectivity index (χ0v) is 14.2. The molecule has 2 N–H and O–H groups in total. The molecular formula is C16H19N7O2. The summed E-state index contributed by atoms with van der Waals surface area (Å²) in [7, 11) is 0. The van der Waals surface area contributed by atoms with Gasteiger partial charge in [0.25, 0.3) is 0 Å². The van der Waals surface area contributed by atoms with E-state index >= 15 is 0 Å². The second-order valence-corrected chi connectivity index (χ2v) is 5.77. The number of carbonyl (C=O) groups excluding carboxylic acids is 1. The standard InChI is InChI=1S/C16H19N7O2/c1-10-4-5-13(15-22-21-12(3)25-15)6-14(10)20-16(24)19-11(2)7-23-9-17-8-18-23/h4-6,8-9,11H,7H2,1-3H3,(H2,19,20,24)/t11-/m1/s1. The van der Waals surface area contributed by atoms with Gasteiger partial charge in [-0.2, -0.15) is 5.10 Å². The van der Waals surface area contributed by atoms with Crippen LogP contribution in [0.5, 0.6) is 0 Å². The number of benzene rings is 1. The van der Waals surface area contributed by atoms with Crippen molar-refractivity contribution in [3.63, 3.8) is 0 Å². The van der Waals surface area contributed by atoms with Crippen LogP contribution in [0.1, 0.15) is 18.4 Å². The summed E-state index contributed by atoms with van der Waals surface area (Å²) in [5, 5.41) is 17.6. The van der Waals surface area contributed by atoms with Gasteiger partial charge in [-0.3, -0.25) is 4.68 Å². The first-order valence-corrected chi connectivity index (χ1v) is 7.82. The van der Waals surface area contributed by atoms with Gasteiger partial charge in [0, 0.05) is 24.2 Å². The van der Waals surface area contributed by atoms with Crippen LogP contribution in [0.3, 0.4) is 0 Å². The van der Waals surface area contributed by atoms with Crippen molar-refractivity contribution in [1.82, 2.24) is 30.3 Å². The summed E-state index contributed by atoms with van der Waals surface area (Å²) in [5.74, 6) is 0.908. The van der Waals surface area contributed by atoms with E-state index in [-0.39, 0.29) is 12.1 Å². The lowest BCUT2D eigenvalue weighted by Gasteiger charge is -2.15. The average Bonchev–Trinajstić information content (AvgIpc) is 3.21. The smallest absolute Gasteiger partial charge is 0.319 e. The first kappa shape index (κ1) is 16.6. The van der Waals surface area contributed by atoms with E-state index in [2.05, 4.69) is 30.9 Å². The number of nitrogens with one attached hydrogen (secondary N) is 2. The van der Waals surface area contributed by atoms with Gasteiger partial charge in [0.1, 0.15) is 12.7 Å². The number of hydrogen-bond donors (Lipinski definition) is 2. The predicted octanol–water partition coefficient (Wildman–Crippen LogP) is 2.16. The number of rotatable bonds is 5. The van der Waals surface area contributed by atoms with Crippen LogP contribution in [0.25, 0.3) is 11.5 Å². The van der Waals surface area contributed by atoms with Crippen LogP contribution in [0.15, 0.2) is 35.3 Å². The van der Waals surface area contributed by atoms with Crippen LogP contribution < -0.4 is 10.6 Å². The van der Waals surface area contributed by atoms with E-state index in [1.54, 1.807) is 17.9 Å². The minimum atomic E-state index is -0.297. The van der Waals surface area contributed by atoms with Crippen molar-refractivity contribution in [2.45, 2.75) is 33.4 Å². The number of amides is 2. The Labute approximate surface area is 144 Å². The van der Waals surface area contributed by atoms with Crippen molar-refractivity contribution in [2.24, 2.45) is 0 Å². The van der Waals surface area contributed by atoms with Gasteiger partial charge in [-0.15, -0.1) is 10.2 Å². The Morgan fingerprint density at radius 1 is 1.32 bits per heavy atom. The Hall–Kier alpha value is -3.23. The average molecular weight is 341 g/mol. The van der Waals surface area contributed by atoms with Crippen LogP contribution in [0.4, 0.5) is 10.5 Å². The molecule has 0 aliphatic heterocycles. The number of aryl methyl sites for hydroxylation is 2. The summed E-state index contributed by atoms with van der Waals surface area (Å²) in [5.41, 5.74) is 2.36. The molecule has 1 aromatic carbocycles. The van der Waals surface area contributed by atoms with Gasteiger partial charge in [0.05, 0.1) is 6.54 Å². The third-order valence-electron chi connectivity index (χ3n) is 3.56. The maximum atomic E-state index is 12.2. The van der Waals surface area contributed by atoms with Crippen molar-refractivity contribution in [3.8, 4) is 11.5 Å². The minimum Gasteiger partial charge on any atom is -0.421 e. The summed E-state index contributed by atoms with van der Waals surface area (Å²) < 4.78 is 7.09. The minimum absolute atomic E-state index is 0.108. The number of nitrogens with zero attached hydrogens (tertiary/aromatic N) is 5. The number of anilines is 1. The highest BCUT2D eigenvalue weighted by molar-refractivity contribution is 5.91. The molecule has 3 aromatic rings. The summed E-state index contributed by atoms with van der Waals surface area (Å²) in [6, 6.07) is 5.17. The van der Waals surface area contributed by atoms with Crippen molar-refractivity contribution < 1.29 is 9.21 Å². The Bertz CT molecular complexity index is 857. The van der Waals surface area contributed by atoms with Crippen LogP contribution >= 0.6 is 0 Å². The molecule has 0 radical (unpaired) electrons. The van der Waals surface area contributed by atoms with Gasteiger partial charge in [0.15, 0.2) is 0 Å². The summed E-state index contributed by atoms with van der Waals surface area (Å²) in [6.45, 7) is 6.07. The van der Waals surface area contributed by atoms with E-state index in [0.717, 1.165) is 11.1 Å². The van der Waals surface area contributed by atoms with Crippen molar-refractivity contribution in [1.29, 1.82) is 0 Å². The molecule has 0 bridgehead atoms. The first-order valence-electron chi connectivity index (χ1n) is 7.82. The highest BCUT2D eigenvalue weighted by atomic mass is 16.4. The van der Waals surface area contributed by atoms with E-state index in [4.69, 9.17) is 4.42 Å². The van der Waals surface area contributed by atoms with Crippen molar-refractivity contribution in [2.75, 3.05) is 5.32 Å². The fourth-order valence-corrected chi connectivity index (χ4v) is 2.34. The monoisotopic (exact) mass is 341 g/mol. The molecule has 0 aliphatic carbocycles. The van der Waals surface area contributed by atoms with Gasteiger partial charge >= 0.3 is 6.03 Å². The molecule has 2 heterocycles. The van der Waals surface area contributed by atoms with E-state index in [9.17, 15) is 4.79 Å². The fraction of sp³-hybridized carbons (Fsp3) is 0.312. The summed E-state index contributed by atoms with van der Waals surface area (Å²) >= 11 is 0. The molecule has 130 valence electrons. The van der Waals surface area contributed by atoms with Crippen LogP contribution in [0.2, 0.25) is 0 Å². The Balaban J connectivity index is 1.66. The lowest BCUT2D eigenvalue weighted by atomic mass is 10.1. The molecule has 2 aromatic heterocycles. The number of aromatic nitrogens is 5. The number of carbonyl (C=O) groups is 1. The normalized spacial score (nSPS) is 12.0. The van der Waals surface area contributed by atoms with E-state index < -0.39 is 0 Å². The molecule has 0 aliphatic rings. The second-order valence-electron chi connectivity index (χ2n) is 5.77. The van der Waals surface area contributed by atoms with Crippen LogP contribution in [0, 0.1) is 13.8 Å². The molecule has 9 heteroatoms. The van der Waals surface area contributed by atoms with Gasteiger partial charge in [-0.05, 0) is 31.5 Å². The molecular weight excluding hydrogens is 322 g/mol. The van der Waals surface area contributed by atoms with Crippen LogP contribution in [-0.4, -0.2) is 37.0 Å². The third kappa shape index (κ3) is 4.19. The zero-order valence-electron chi connectivity index (χ0n) is 14.2. The Kier molecular flexibility index (Phi) is 4.73. The van der Waals surface area contributed by atoms with Gasteiger partial charge < -0.3 is 15.1 Å². The second kappa shape index (κ2) is 7.12. The number of urea groups is 1. The largest absolute Gasteiger partial charge is 0.421 e. The molecule has 2 amide bonds. The van der Waals surface area contributed by atoms with Crippen molar-refractivity contribution in [3.05, 3.63) is 42.3 Å². The molecule has 3 rings (SSSR count). The summed E-state index contributed by atoms with van der Waals surface area (Å²) in [6.07, 6.45) is 3.07. The molecule has 9 nitrogen and oxygen atoms in total. The highest BCUT2D eigenvalue weighted by Crippen LogP contribution is 2.24. The molecule has 0 saturated heterocycles. The fourth-order valence-electron chi connectivity index (χ4n) is 2.34. The first-order chi connectivity index (χ1) is 12.0. The topological polar surface area (TPSA) is 111 Å². The molecule has 0 spiro atoms. The molecule has 0 saturated carbocycles. The van der Waals surface area contributed by atoms with Gasteiger partial charge in [0.2, 0.25) is 11.8 Å². The SMILES string of the molecule is Cc1nnc(-c2ccc(C)c(NC(=O)N[C@H](C)Cn3cncn3)c2)o1. The number of hydrogen-bond acceptors (Lipinski definition) is 6. The maximum Gasteiger partial charge on any atom is 0.319 e. The lowest BCUT2D eigenvalue weighted by molar-refractivity contribution is 0.247. The molecule has 0 fully saturated rings. The predicted molar refractivity (Wildman–Crippen MR) is 90.8 cm³/mol. The lowest BCUT2D eigenvalue weighted by Crippen LogP contribution is -2.38. The Morgan fingerprint density at radius 2 is 2.16 bits per heavy atom. The van der Waals surface area contributed by atoms with E-state index in [0.29, 0.717) is 24.0 Å². The molecule has 25 heavy (non-hydrogen) atoms. The zero-order chi connectivity index (χ0) is 17.8. The third-order valence-corrected chi connectivity index (χ3v) is 3.56. The highest BCUT2D eigenvalue weighted by Gasteiger charge is 2.12. The maximum absolute atomic E-state index is 12.2. The Morgan fingerprint density at radius 3 is 2.84 bits per heavy atom.